The fourth-order valence-electron chi connectivity index (χ4n) is 1.67. The molecule has 1 unspecified atom stereocenters. The van der Waals surface area contributed by atoms with Gasteiger partial charge in [0.15, 0.2) is 0 Å². The van der Waals surface area contributed by atoms with Crippen molar-refractivity contribution in [3.05, 3.63) is 12.2 Å². The van der Waals surface area contributed by atoms with Gasteiger partial charge < -0.3 is 4.74 Å². The van der Waals surface area contributed by atoms with Crippen LogP contribution < -0.4 is 0 Å². The van der Waals surface area contributed by atoms with E-state index < -0.39 is 0 Å². The first kappa shape index (κ1) is 14.0. The van der Waals surface area contributed by atoms with Gasteiger partial charge in [-0.3, -0.25) is 0 Å². The van der Waals surface area contributed by atoms with E-state index in [9.17, 15) is 4.79 Å². The first-order valence-corrected chi connectivity index (χ1v) is 7.63. The van der Waals surface area contributed by atoms with E-state index in [1.165, 1.54) is 6.42 Å². The molecule has 92 valence electrons. The minimum absolute atomic E-state index is 0.0450. The van der Waals surface area contributed by atoms with Crippen LogP contribution in [-0.2, 0) is 9.53 Å². The largest absolute Gasteiger partial charge is 0.457 e. The van der Waals surface area contributed by atoms with E-state index in [0.29, 0.717) is 5.57 Å². The van der Waals surface area contributed by atoms with Gasteiger partial charge in [0.2, 0.25) is 0 Å². The number of carbonyl (C=O) groups excluding carboxylic acids is 1. The summed E-state index contributed by atoms with van der Waals surface area (Å²) in [7, 11) is 0. The van der Waals surface area contributed by atoms with E-state index in [1.807, 2.05) is 30.4 Å². The Labute approximate surface area is 107 Å². The van der Waals surface area contributed by atoms with E-state index >= 15 is 0 Å². The van der Waals surface area contributed by atoms with Crippen LogP contribution in [0.15, 0.2) is 12.2 Å². The predicted octanol–water partition coefficient (Wildman–Crippen LogP) is 3.47. The highest BCUT2D eigenvalue weighted by molar-refractivity contribution is 8.18. The molecule has 4 heteroatoms. The van der Waals surface area contributed by atoms with E-state index in [1.54, 1.807) is 6.92 Å². The van der Waals surface area contributed by atoms with E-state index in [0.717, 1.165) is 17.9 Å². The summed E-state index contributed by atoms with van der Waals surface area (Å²) in [5, 5.41) is 0. The van der Waals surface area contributed by atoms with Crippen molar-refractivity contribution in [1.29, 1.82) is 0 Å². The van der Waals surface area contributed by atoms with Crippen molar-refractivity contribution < 1.29 is 9.53 Å². The molecule has 0 saturated carbocycles. The molecule has 1 atom stereocenters. The Hall–Kier alpha value is -0.0900. The molecule has 1 aliphatic rings. The molecule has 0 bridgehead atoms. The number of ether oxygens (including phenoxy) is 1. The Morgan fingerprint density at radius 2 is 2.06 bits per heavy atom. The lowest BCUT2D eigenvalue weighted by molar-refractivity contribution is -0.143. The van der Waals surface area contributed by atoms with Gasteiger partial charge in [0.1, 0.15) is 6.10 Å². The van der Waals surface area contributed by atoms with Crippen molar-refractivity contribution in [2.75, 3.05) is 11.5 Å². The van der Waals surface area contributed by atoms with Crippen molar-refractivity contribution in [3.8, 4) is 0 Å². The SMILES string of the molecule is C=C(C)C(=O)OC(C)C1(CC)SCCCS1. The molecule has 0 aromatic carbocycles. The van der Waals surface area contributed by atoms with Crippen LogP contribution in [-0.4, -0.2) is 27.7 Å². The summed E-state index contributed by atoms with van der Waals surface area (Å²) in [6.45, 7) is 9.46. The van der Waals surface area contributed by atoms with Crippen LogP contribution in [0.2, 0.25) is 0 Å². The number of esters is 1. The minimum Gasteiger partial charge on any atom is -0.457 e. The molecular weight excluding hydrogens is 240 g/mol. The van der Waals surface area contributed by atoms with Crippen LogP contribution >= 0.6 is 23.5 Å². The highest BCUT2D eigenvalue weighted by Gasteiger charge is 2.39. The predicted molar refractivity (Wildman–Crippen MR) is 72.9 cm³/mol. The molecule has 2 nitrogen and oxygen atoms in total. The highest BCUT2D eigenvalue weighted by Crippen LogP contribution is 2.48. The maximum atomic E-state index is 11.5. The second-order valence-electron chi connectivity index (χ2n) is 4.04. The fourth-order valence-corrected chi connectivity index (χ4v) is 4.93. The third-order valence-electron chi connectivity index (χ3n) is 2.73. The lowest BCUT2D eigenvalue weighted by Crippen LogP contribution is -2.39. The van der Waals surface area contributed by atoms with Crippen LogP contribution in [0.5, 0.6) is 0 Å². The molecule has 0 radical (unpaired) electrons. The van der Waals surface area contributed by atoms with Crippen LogP contribution in [0.25, 0.3) is 0 Å². The van der Waals surface area contributed by atoms with Gasteiger partial charge in [-0.05, 0) is 38.2 Å². The first-order chi connectivity index (χ1) is 7.52. The maximum Gasteiger partial charge on any atom is 0.333 e. The van der Waals surface area contributed by atoms with E-state index in [2.05, 4.69) is 13.5 Å². The molecule has 0 spiro atoms. The molecule has 1 rings (SSSR count). The maximum absolute atomic E-state index is 11.5. The number of hydrogen-bond donors (Lipinski definition) is 0. The minimum atomic E-state index is -0.271. The number of thioether (sulfide) groups is 2. The average Bonchev–Trinajstić information content (AvgIpc) is 2.29. The molecule has 16 heavy (non-hydrogen) atoms. The van der Waals surface area contributed by atoms with E-state index in [-0.39, 0.29) is 16.2 Å². The van der Waals surface area contributed by atoms with Crippen molar-refractivity contribution in [2.45, 2.75) is 43.8 Å². The standard InChI is InChI=1S/C12H20O2S2/c1-5-12(15-7-6-8-16-12)10(4)14-11(13)9(2)3/h10H,2,5-8H2,1,3-4H3. The van der Waals surface area contributed by atoms with Gasteiger partial charge in [-0.1, -0.05) is 13.5 Å². The molecule has 0 aromatic heterocycles. The summed E-state index contributed by atoms with van der Waals surface area (Å²) >= 11 is 3.86. The molecule has 1 fully saturated rings. The third kappa shape index (κ3) is 3.20. The fraction of sp³-hybridized carbons (Fsp3) is 0.750. The zero-order valence-corrected chi connectivity index (χ0v) is 11.9. The molecule has 0 aliphatic carbocycles. The third-order valence-corrected chi connectivity index (χ3v) is 6.64. The normalized spacial score (nSPS) is 21.2. The Bertz CT molecular complexity index is 270. The molecule has 0 N–H and O–H groups in total. The van der Waals surface area contributed by atoms with Crippen LogP contribution in [0.1, 0.15) is 33.6 Å². The highest BCUT2D eigenvalue weighted by atomic mass is 32.2. The van der Waals surface area contributed by atoms with Gasteiger partial charge >= 0.3 is 5.97 Å². The molecule has 0 amide bonds. The summed E-state index contributed by atoms with van der Waals surface area (Å²) in [5.74, 6) is 2.05. The second-order valence-corrected chi connectivity index (χ2v) is 7.15. The van der Waals surface area contributed by atoms with Gasteiger partial charge in [0.05, 0.1) is 4.08 Å². The van der Waals surface area contributed by atoms with Crippen LogP contribution in [0.3, 0.4) is 0 Å². The zero-order valence-electron chi connectivity index (χ0n) is 10.2. The quantitative estimate of drug-likeness (QED) is 0.571. The molecule has 0 aromatic rings. The molecule has 1 heterocycles. The van der Waals surface area contributed by atoms with Gasteiger partial charge in [0.25, 0.3) is 0 Å². The molecular formula is C12H20O2S2. The first-order valence-electron chi connectivity index (χ1n) is 5.66. The van der Waals surface area contributed by atoms with Crippen molar-refractivity contribution in [3.63, 3.8) is 0 Å². The summed E-state index contributed by atoms with van der Waals surface area (Å²) in [6.07, 6.45) is 2.21. The van der Waals surface area contributed by atoms with E-state index in [4.69, 9.17) is 4.74 Å². The second kappa shape index (κ2) is 6.01. The van der Waals surface area contributed by atoms with Crippen LogP contribution in [0.4, 0.5) is 0 Å². The zero-order chi connectivity index (χ0) is 12.2. The topological polar surface area (TPSA) is 26.3 Å². The Morgan fingerprint density at radius 3 is 2.50 bits per heavy atom. The summed E-state index contributed by atoms with van der Waals surface area (Å²) < 4.78 is 5.51. The van der Waals surface area contributed by atoms with Crippen molar-refractivity contribution in [2.24, 2.45) is 0 Å². The number of hydrogen-bond acceptors (Lipinski definition) is 4. The molecule has 1 saturated heterocycles. The lowest BCUT2D eigenvalue weighted by atomic mass is 10.2. The van der Waals surface area contributed by atoms with Crippen molar-refractivity contribution in [1.82, 2.24) is 0 Å². The van der Waals surface area contributed by atoms with Gasteiger partial charge in [-0.2, -0.15) is 0 Å². The molecule has 1 aliphatic heterocycles. The summed E-state index contributed by atoms with van der Waals surface area (Å²) in [4.78, 5) is 11.5. The monoisotopic (exact) mass is 260 g/mol. The Morgan fingerprint density at radius 1 is 1.50 bits per heavy atom. The summed E-state index contributed by atoms with van der Waals surface area (Å²) in [6, 6.07) is 0. The smallest absolute Gasteiger partial charge is 0.333 e. The number of rotatable bonds is 4. The van der Waals surface area contributed by atoms with Gasteiger partial charge in [0, 0.05) is 5.57 Å². The average molecular weight is 260 g/mol. The van der Waals surface area contributed by atoms with Gasteiger partial charge in [-0.25, -0.2) is 4.79 Å². The van der Waals surface area contributed by atoms with Crippen LogP contribution in [0, 0.1) is 0 Å². The van der Waals surface area contributed by atoms with Crippen molar-refractivity contribution >= 4 is 29.5 Å². The summed E-state index contributed by atoms with van der Waals surface area (Å²) in [5.41, 5.74) is 0.476. The Balaban J connectivity index is 2.64. The number of carbonyl (C=O) groups is 1. The van der Waals surface area contributed by atoms with Gasteiger partial charge in [-0.15, -0.1) is 23.5 Å². The Kier molecular flexibility index (Phi) is 5.25. The lowest BCUT2D eigenvalue weighted by Gasteiger charge is -2.39.